The molecule has 0 heterocycles. The molecule has 0 unspecified atom stereocenters. The van der Waals surface area contributed by atoms with Crippen molar-refractivity contribution in [2.75, 3.05) is 0 Å². The van der Waals surface area contributed by atoms with E-state index in [1.165, 1.54) is 19.3 Å². The van der Waals surface area contributed by atoms with E-state index in [9.17, 15) is 0 Å². The van der Waals surface area contributed by atoms with Gasteiger partial charge in [0.1, 0.15) is 0 Å². The van der Waals surface area contributed by atoms with Crippen molar-refractivity contribution in [3.8, 4) is 0 Å². The summed E-state index contributed by atoms with van der Waals surface area (Å²) >= 11 is 0. The first kappa shape index (κ1) is 10.7. The fourth-order valence-corrected chi connectivity index (χ4v) is 1.15. The van der Waals surface area contributed by atoms with Gasteiger partial charge in [0.2, 0.25) is 0 Å². The summed E-state index contributed by atoms with van der Waals surface area (Å²) in [5.41, 5.74) is 0. The van der Waals surface area contributed by atoms with Crippen LogP contribution in [0.4, 0.5) is 0 Å². The lowest BCUT2D eigenvalue weighted by molar-refractivity contribution is 0.499. The molecule has 0 aliphatic heterocycles. The molecule has 0 aromatic rings. The fourth-order valence-electron chi connectivity index (χ4n) is 1.15. The van der Waals surface area contributed by atoms with Gasteiger partial charge in [0.15, 0.2) is 0 Å². The fraction of sp³-hybridized carbons (Fsp3) is 0.727. The van der Waals surface area contributed by atoms with Gasteiger partial charge in [0.05, 0.1) is 0 Å². The summed E-state index contributed by atoms with van der Waals surface area (Å²) in [5, 5.41) is 0. The van der Waals surface area contributed by atoms with Gasteiger partial charge in [-0.2, -0.15) is 0 Å². The average molecular weight is 153 g/mol. The minimum Gasteiger partial charge on any atom is -0.0885 e. The van der Waals surface area contributed by atoms with Crippen LogP contribution in [0, 0.1) is 12.8 Å². The van der Waals surface area contributed by atoms with Gasteiger partial charge in [-0.25, -0.2) is 0 Å². The molecular weight excluding hydrogens is 132 g/mol. The van der Waals surface area contributed by atoms with Gasteiger partial charge >= 0.3 is 0 Å². The lowest BCUT2D eigenvalue weighted by Crippen LogP contribution is -1.93. The van der Waals surface area contributed by atoms with Crippen molar-refractivity contribution in [1.29, 1.82) is 0 Å². The minimum atomic E-state index is 0.899. The van der Waals surface area contributed by atoms with E-state index in [1.54, 1.807) is 0 Å². The lowest BCUT2D eigenvalue weighted by atomic mass is 9.99. The number of hydrogen-bond donors (Lipinski definition) is 0. The molecule has 0 heteroatoms. The summed E-state index contributed by atoms with van der Waals surface area (Å²) in [7, 11) is 0. The Balaban J connectivity index is 3.33. The van der Waals surface area contributed by atoms with E-state index in [0.717, 1.165) is 18.8 Å². The maximum Gasteiger partial charge on any atom is -0.0322 e. The number of rotatable bonds is 6. The Hall–Kier alpha value is -0.260. The first-order valence-corrected chi connectivity index (χ1v) is 4.79. The molecule has 0 fully saturated rings. The maximum atomic E-state index is 3.79. The van der Waals surface area contributed by atoms with E-state index in [4.69, 9.17) is 0 Å². The van der Waals surface area contributed by atoms with Crippen molar-refractivity contribution in [1.82, 2.24) is 0 Å². The molecular formula is C11H21. The van der Waals surface area contributed by atoms with E-state index in [1.807, 2.05) is 0 Å². The Morgan fingerprint density at radius 1 is 1.18 bits per heavy atom. The van der Waals surface area contributed by atoms with Crippen molar-refractivity contribution in [3.05, 3.63) is 19.1 Å². The van der Waals surface area contributed by atoms with Gasteiger partial charge in [-0.3, -0.25) is 0 Å². The molecule has 0 rings (SSSR count). The second-order valence-corrected chi connectivity index (χ2v) is 3.03. The van der Waals surface area contributed by atoms with Crippen LogP contribution in [-0.4, -0.2) is 0 Å². The summed E-state index contributed by atoms with van der Waals surface area (Å²) in [4.78, 5) is 0. The van der Waals surface area contributed by atoms with Crippen LogP contribution in [0.5, 0.6) is 0 Å². The number of hydrogen-bond acceptors (Lipinski definition) is 0. The Morgan fingerprint density at radius 2 is 1.82 bits per heavy atom. The molecule has 0 saturated carbocycles. The predicted octanol–water partition coefficient (Wildman–Crippen LogP) is 3.98. The zero-order valence-corrected chi connectivity index (χ0v) is 7.97. The Bertz CT molecular complexity index is 88.2. The van der Waals surface area contributed by atoms with E-state index < -0.39 is 0 Å². The van der Waals surface area contributed by atoms with E-state index in [0.29, 0.717) is 0 Å². The summed E-state index contributed by atoms with van der Waals surface area (Å²) in [6, 6.07) is 0. The molecule has 0 amide bonds. The second kappa shape index (κ2) is 7.84. The largest absolute Gasteiger partial charge is 0.0885 e. The van der Waals surface area contributed by atoms with E-state index in [2.05, 4.69) is 32.9 Å². The normalized spacial score (nSPS) is 11.6. The first-order valence-electron chi connectivity index (χ1n) is 4.79. The summed E-state index contributed by atoms with van der Waals surface area (Å²) < 4.78 is 0. The monoisotopic (exact) mass is 153 g/mol. The van der Waals surface area contributed by atoms with E-state index >= 15 is 0 Å². The topological polar surface area (TPSA) is 0 Å². The van der Waals surface area contributed by atoms with Gasteiger partial charge in [0, 0.05) is 0 Å². The summed E-state index contributed by atoms with van der Waals surface area (Å²) in [6.07, 6.45) is 10.6. The molecule has 11 heavy (non-hydrogen) atoms. The van der Waals surface area contributed by atoms with Crippen LogP contribution < -0.4 is 0 Å². The molecule has 1 radical (unpaired) electrons. The van der Waals surface area contributed by atoms with Crippen LogP contribution in [0.15, 0.2) is 12.2 Å². The van der Waals surface area contributed by atoms with Crippen LogP contribution in [0.2, 0.25) is 0 Å². The summed E-state index contributed by atoms with van der Waals surface area (Å²) in [6.45, 7) is 8.33. The standard InChI is InChI=1S/C11H21/c1-4-7-8-9-10-11(5-2)6-3/h8-9,11H,1,4-7,10H2,2-3H3/b9-8+. The van der Waals surface area contributed by atoms with Crippen LogP contribution in [0.1, 0.15) is 46.0 Å². The molecule has 0 N–H and O–H groups in total. The third kappa shape index (κ3) is 6.15. The molecule has 0 aromatic heterocycles. The summed E-state index contributed by atoms with van der Waals surface area (Å²) in [5.74, 6) is 0.899. The van der Waals surface area contributed by atoms with Crippen LogP contribution in [0.25, 0.3) is 0 Å². The van der Waals surface area contributed by atoms with Crippen LogP contribution in [0.3, 0.4) is 0 Å². The molecule has 0 aromatic carbocycles. The van der Waals surface area contributed by atoms with Crippen LogP contribution >= 0.6 is 0 Å². The van der Waals surface area contributed by atoms with Crippen molar-refractivity contribution in [3.63, 3.8) is 0 Å². The smallest absolute Gasteiger partial charge is 0.0322 e. The molecule has 0 saturated heterocycles. The third-order valence-corrected chi connectivity index (χ3v) is 2.16. The Labute approximate surface area is 71.7 Å². The van der Waals surface area contributed by atoms with Gasteiger partial charge < -0.3 is 0 Å². The highest BCUT2D eigenvalue weighted by atomic mass is 14.0. The lowest BCUT2D eigenvalue weighted by Gasteiger charge is -2.07. The molecule has 0 spiro atoms. The number of unbranched alkanes of at least 4 members (excludes halogenated alkanes) is 1. The molecule has 0 bridgehead atoms. The quantitative estimate of drug-likeness (QED) is 0.506. The Kier molecular flexibility index (Phi) is 7.66. The van der Waals surface area contributed by atoms with Crippen molar-refractivity contribution in [2.24, 2.45) is 5.92 Å². The van der Waals surface area contributed by atoms with Crippen molar-refractivity contribution in [2.45, 2.75) is 46.0 Å². The SMILES string of the molecule is [CH2]CC/C=C/CC(CC)CC. The third-order valence-electron chi connectivity index (χ3n) is 2.16. The highest BCUT2D eigenvalue weighted by Gasteiger charge is 1.98. The molecule has 0 atom stereocenters. The molecule has 65 valence electrons. The predicted molar refractivity (Wildman–Crippen MR) is 52.4 cm³/mol. The van der Waals surface area contributed by atoms with Crippen LogP contribution in [-0.2, 0) is 0 Å². The van der Waals surface area contributed by atoms with Gasteiger partial charge in [-0.1, -0.05) is 45.8 Å². The second-order valence-electron chi connectivity index (χ2n) is 3.03. The van der Waals surface area contributed by atoms with Gasteiger partial charge in [-0.05, 0) is 25.2 Å². The Morgan fingerprint density at radius 3 is 2.27 bits per heavy atom. The number of allylic oxidation sites excluding steroid dienone is 2. The van der Waals surface area contributed by atoms with E-state index in [-0.39, 0.29) is 0 Å². The zero-order chi connectivity index (χ0) is 8.53. The highest BCUT2D eigenvalue weighted by molar-refractivity contribution is 4.83. The minimum absolute atomic E-state index is 0.899. The highest BCUT2D eigenvalue weighted by Crippen LogP contribution is 2.12. The first-order chi connectivity index (χ1) is 5.35. The molecule has 0 nitrogen and oxygen atoms in total. The van der Waals surface area contributed by atoms with Crippen molar-refractivity contribution >= 4 is 0 Å². The average Bonchev–Trinajstić information content (AvgIpc) is 2.05. The maximum absolute atomic E-state index is 3.79. The zero-order valence-electron chi connectivity index (χ0n) is 7.97. The van der Waals surface area contributed by atoms with Crippen molar-refractivity contribution < 1.29 is 0 Å². The van der Waals surface area contributed by atoms with Gasteiger partial charge in [0.25, 0.3) is 0 Å². The van der Waals surface area contributed by atoms with Gasteiger partial charge in [-0.15, -0.1) is 0 Å². The molecule has 0 aliphatic rings. The molecule has 0 aliphatic carbocycles.